The molecule has 0 aliphatic heterocycles. The van der Waals surface area contributed by atoms with Gasteiger partial charge in [-0.25, -0.2) is 4.98 Å². The quantitative estimate of drug-likeness (QED) is 0.351. The molecule has 0 saturated carbocycles. The molecule has 0 aliphatic carbocycles. The molecule has 0 spiro atoms. The van der Waals surface area contributed by atoms with Gasteiger partial charge in [-0.1, -0.05) is 6.07 Å². The highest BCUT2D eigenvalue weighted by molar-refractivity contribution is 7.17. The fourth-order valence-electron chi connectivity index (χ4n) is 3.44. The molecular weight excluding hydrogens is 394 g/mol. The molecule has 3 N–H and O–H groups in total. The summed E-state index contributed by atoms with van der Waals surface area (Å²) in [5, 5.41) is 17.9. The molecule has 8 heteroatoms. The molecular formula is C22H15N7S. The number of fused-ring (bicyclic) bond motifs is 3. The van der Waals surface area contributed by atoms with Crippen molar-refractivity contribution in [3.05, 3.63) is 72.4 Å². The standard InChI is InChI=1S/C22H15N7S/c1-2-13-10-16(3-5-17(13)23-8-1)26-22-27-19-7-9-30-20(19)21(28-22)25-15-4-6-18-14(11-15)12-24-29-18/h1-12H,(H,24,29)(H2,25,26,27,28). The Bertz CT molecular complexity index is 1520. The average Bonchev–Trinajstić information content (AvgIpc) is 3.43. The number of nitrogens with one attached hydrogen (secondary N) is 3. The van der Waals surface area contributed by atoms with Gasteiger partial charge in [-0.2, -0.15) is 10.1 Å². The van der Waals surface area contributed by atoms with Crippen molar-refractivity contribution >= 4 is 66.5 Å². The molecule has 7 nitrogen and oxygen atoms in total. The van der Waals surface area contributed by atoms with E-state index in [0.29, 0.717) is 5.95 Å². The third-order valence-corrected chi connectivity index (χ3v) is 5.78. The first kappa shape index (κ1) is 16.9. The lowest BCUT2D eigenvalue weighted by molar-refractivity contribution is 1.12. The smallest absolute Gasteiger partial charge is 0.229 e. The Morgan fingerprint density at radius 2 is 1.73 bits per heavy atom. The number of hydrogen-bond donors (Lipinski definition) is 3. The summed E-state index contributed by atoms with van der Waals surface area (Å²) in [7, 11) is 0. The Morgan fingerprint density at radius 1 is 0.833 bits per heavy atom. The summed E-state index contributed by atoms with van der Waals surface area (Å²) in [5.41, 5.74) is 4.70. The van der Waals surface area contributed by atoms with Crippen LogP contribution < -0.4 is 10.6 Å². The Labute approximate surface area is 174 Å². The second-order valence-corrected chi connectivity index (χ2v) is 7.78. The summed E-state index contributed by atoms with van der Waals surface area (Å²) in [6.45, 7) is 0. The maximum Gasteiger partial charge on any atom is 0.229 e. The van der Waals surface area contributed by atoms with Crippen LogP contribution in [0.3, 0.4) is 0 Å². The van der Waals surface area contributed by atoms with Crippen molar-refractivity contribution in [2.45, 2.75) is 0 Å². The van der Waals surface area contributed by atoms with Crippen LogP contribution in [0.25, 0.3) is 32.0 Å². The van der Waals surface area contributed by atoms with Crippen LogP contribution in [0.5, 0.6) is 0 Å². The Hall–Kier alpha value is -4.04. The minimum absolute atomic E-state index is 0.538. The Kier molecular flexibility index (Phi) is 3.82. The lowest BCUT2D eigenvalue weighted by atomic mass is 10.2. The molecule has 30 heavy (non-hydrogen) atoms. The third kappa shape index (κ3) is 2.99. The van der Waals surface area contributed by atoms with Crippen LogP contribution in [0.2, 0.25) is 0 Å². The molecule has 6 aromatic rings. The molecule has 2 aromatic carbocycles. The van der Waals surface area contributed by atoms with E-state index in [4.69, 9.17) is 4.98 Å². The van der Waals surface area contributed by atoms with Gasteiger partial charge in [0.05, 0.1) is 27.4 Å². The number of aromatic nitrogens is 5. The lowest BCUT2D eigenvalue weighted by Crippen LogP contribution is -2.01. The summed E-state index contributed by atoms with van der Waals surface area (Å²) in [5.74, 6) is 1.30. The number of pyridine rings is 1. The number of thiophene rings is 1. The third-order valence-electron chi connectivity index (χ3n) is 4.87. The largest absolute Gasteiger partial charge is 0.339 e. The molecule has 0 radical (unpaired) electrons. The highest BCUT2D eigenvalue weighted by atomic mass is 32.1. The van der Waals surface area contributed by atoms with E-state index in [0.717, 1.165) is 49.2 Å². The van der Waals surface area contributed by atoms with Crippen LogP contribution in [-0.4, -0.2) is 25.1 Å². The minimum Gasteiger partial charge on any atom is -0.339 e. The van der Waals surface area contributed by atoms with Gasteiger partial charge >= 0.3 is 0 Å². The SMILES string of the molecule is c1cnc2ccc(Nc3nc(Nc4ccc5[nH]ncc5c4)c4sccc4n3)cc2c1. The van der Waals surface area contributed by atoms with Crippen LogP contribution >= 0.6 is 11.3 Å². The fourth-order valence-corrected chi connectivity index (χ4v) is 4.22. The highest BCUT2D eigenvalue weighted by Gasteiger charge is 2.11. The van der Waals surface area contributed by atoms with E-state index in [1.807, 2.05) is 66.2 Å². The molecule has 6 rings (SSSR count). The molecule has 4 heterocycles. The Morgan fingerprint density at radius 3 is 2.73 bits per heavy atom. The summed E-state index contributed by atoms with van der Waals surface area (Å²) < 4.78 is 1.01. The fraction of sp³-hybridized carbons (Fsp3) is 0. The number of anilines is 4. The first-order valence-electron chi connectivity index (χ1n) is 9.39. The van der Waals surface area contributed by atoms with Gasteiger partial charge in [0, 0.05) is 28.3 Å². The topological polar surface area (TPSA) is 91.4 Å². The molecule has 0 unspecified atom stereocenters. The van der Waals surface area contributed by atoms with Gasteiger partial charge in [0.25, 0.3) is 0 Å². The van der Waals surface area contributed by atoms with Gasteiger partial charge in [0.1, 0.15) is 0 Å². The van der Waals surface area contributed by atoms with E-state index >= 15 is 0 Å². The second kappa shape index (κ2) is 6.78. The van der Waals surface area contributed by atoms with Gasteiger partial charge in [0.2, 0.25) is 5.95 Å². The van der Waals surface area contributed by atoms with E-state index < -0.39 is 0 Å². The van der Waals surface area contributed by atoms with E-state index in [1.165, 1.54) is 0 Å². The van der Waals surface area contributed by atoms with Crippen molar-refractivity contribution in [2.24, 2.45) is 0 Å². The van der Waals surface area contributed by atoms with Gasteiger partial charge in [-0.3, -0.25) is 10.1 Å². The van der Waals surface area contributed by atoms with E-state index in [2.05, 4.69) is 30.8 Å². The molecule has 0 amide bonds. The molecule has 0 fully saturated rings. The van der Waals surface area contributed by atoms with Gasteiger partial charge in [0.15, 0.2) is 5.82 Å². The first-order valence-corrected chi connectivity index (χ1v) is 10.3. The van der Waals surface area contributed by atoms with Crippen LogP contribution in [0.1, 0.15) is 0 Å². The minimum atomic E-state index is 0.538. The molecule has 0 saturated heterocycles. The molecule has 0 atom stereocenters. The summed E-state index contributed by atoms with van der Waals surface area (Å²) in [6, 6.07) is 18.0. The maximum atomic E-state index is 4.75. The maximum absolute atomic E-state index is 4.75. The van der Waals surface area contributed by atoms with Crippen molar-refractivity contribution in [3.63, 3.8) is 0 Å². The average molecular weight is 409 g/mol. The van der Waals surface area contributed by atoms with Gasteiger partial charge in [-0.15, -0.1) is 11.3 Å². The van der Waals surface area contributed by atoms with Crippen molar-refractivity contribution in [2.75, 3.05) is 10.6 Å². The number of benzene rings is 2. The number of rotatable bonds is 4. The van der Waals surface area contributed by atoms with E-state index in [9.17, 15) is 0 Å². The number of nitrogens with zero attached hydrogens (tertiary/aromatic N) is 4. The first-order chi connectivity index (χ1) is 14.8. The second-order valence-electron chi connectivity index (χ2n) is 6.86. The van der Waals surface area contributed by atoms with E-state index in [1.54, 1.807) is 17.5 Å². The predicted molar refractivity (Wildman–Crippen MR) is 122 cm³/mol. The van der Waals surface area contributed by atoms with Crippen LogP contribution in [0, 0.1) is 0 Å². The predicted octanol–water partition coefficient (Wildman–Crippen LogP) is 5.60. The number of aromatic amines is 1. The van der Waals surface area contributed by atoms with Crippen LogP contribution in [0.15, 0.2) is 72.4 Å². The monoisotopic (exact) mass is 409 g/mol. The normalized spacial score (nSPS) is 11.3. The summed E-state index contributed by atoms with van der Waals surface area (Å²) >= 11 is 1.61. The summed E-state index contributed by atoms with van der Waals surface area (Å²) in [6.07, 6.45) is 3.60. The Balaban J connectivity index is 1.38. The molecule has 0 aliphatic rings. The zero-order valence-corrected chi connectivity index (χ0v) is 16.4. The van der Waals surface area contributed by atoms with Crippen molar-refractivity contribution in [3.8, 4) is 0 Å². The molecule has 4 aromatic heterocycles. The van der Waals surface area contributed by atoms with Crippen molar-refractivity contribution < 1.29 is 0 Å². The van der Waals surface area contributed by atoms with Crippen molar-refractivity contribution in [1.29, 1.82) is 0 Å². The highest BCUT2D eigenvalue weighted by Crippen LogP contribution is 2.31. The lowest BCUT2D eigenvalue weighted by Gasteiger charge is -2.11. The summed E-state index contributed by atoms with van der Waals surface area (Å²) in [4.78, 5) is 13.8. The van der Waals surface area contributed by atoms with E-state index in [-0.39, 0.29) is 0 Å². The number of hydrogen-bond acceptors (Lipinski definition) is 7. The zero-order valence-electron chi connectivity index (χ0n) is 15.6. The van der Waals surface area contributed by atoms with Crippen molar-refractivity contribution in [1.82, 2.24) is 25.1 Å². The molecule has 0 bridgehead atoms. The number of H-pyrrole nitrogens is 1. The van der Waals surface area contributed by atoms with Crippen LogP contribution in [-0.2, 0) is 0 Å². The molecule has 144 valence electrons. The zero-order chi connectivity index (χ0) is 19.9. The van der Waals surface area contributed by atoms with Gasteiger partial charge < -0.3 is 10.6 Å². The van der Waals surface area contributed by atoms with Gasteiger partial charge in [-0.05, 0) is 53.9 Å². The van der Waals surface area contributed by atoms with Crippen LogP contribution in [0.4, 0.5) is 23.1 Å².